The van der Waals surface area contributed by atoms with E-state index < -0.39 is 15.8 Å². The minimum absolute atomic E-state index is 0.113. The van der Waals surface area contributed by atoms with Gasteiger partial charge in [-0.2, -0.15) is 0 Å². The number of benzene rings is 2. The lowest BCUT2D eigenvalue weighted by Gasteiger charge is -2.12. The van der Waals surface area contributed by atoms with Crippen LogP contribution in [0.15, 0.2) is 54.9 Å². The molecule has 0 atom stereocenters. The van der Waals surface area contributed by atoms with E-state index in [9.17, 15) is 12.8 Å². The number of anilines is 2. The number of nitrogens with zero attached hydrogens (tertiary/aromatic N) is 2. The lowest BCUT2D eigenvalue weighted by Crippen LogP contribution is -2.10. The molecule has 1 heterocycles. The molecule has 0 saturated heterocycles. The highest BCUT2D eigenvalue weighted by Crippen LogP contribution is 2.32. The molecule has 0 fully saturated rings. The van der Waals surface area contributed by atoms with Crippen LogP contribution >= 0.6 is 0 Å². The van der Waals surface area contributed by atoms with Crippen molar-refractivity contribution in [3.05, 3.63) is 60.7 Å². The summed E-state index contributed by atoms with van der Waals surface area (Å²) >= 11 is 0. The summed E-state index contributed by atoms with van der Waals surface area (Å²) in [6.45, 7) is 0. The number of para-hydroxylation sites is 1. The fourth-order valence-corrected chi connectivity index (χ4v) is 2.99. The Morgan fingerprint density at radius 2 is 1.68 bits per heavy atom. The van der Waals surface area contributed by atoms with Gasteiger partial charge in [0.15, 0.2) is 0 Å². The highest BCUT2D eigenvalue weighted by Gasteiger charge is 2.12. The second kappa shape index (κ2) is 6.48. The molecule has 0 saturated carbocycles. The van der Waals surface area contributed by atoms with Crippen LogP contribution in [-0.2, 0) is 10.0 Å². The molecule has 25 heavy (non-hydrogen) atoms. The molecule has 2 aromatic carbocycles. The monoisotopic (exact) mass is 358 g/mol. The molecule has 0 aliphatic heterocycles. The first-order valence-corrected chi connectivity index (χ1v) is 9.17. The molecular weight excluding hydrogens is 343 g/mol. The molecule has 0 amide bonds. The van der Waals surface area contributed by atoms with E-state index in [2.05, 4.69) is 14.7 Å². The molecule has 0 radical (unpaired) electrons. The molecule has 0 spiro atoms. The number of sulfonamides is 1. The van der Waals surface area contributed by atoms with Gasteiger partial charge in [0.1, 0.15) is 5.82 Å². The summed E-state index contributed by atoms with van der Waals surface area (Å²) in [5.41, 5.74) is 7.77. The van der Waals surface area contributed by atoms with E-state index >= 15 is 0 Å². The van der Waals surface area contributed by atoms with Gasteiger partial charge in [0.2, 0.25) is 16.0 Å². The van der Waals surface area contributed by atoms with Gasteiger partial charge in [-0.1, -0.05) is 30.3 Å². The minimum Gasteiger partial charge on any atom is -0.368 e. The summed E-state index contributed by atoms with van der Waals surface area (Å²) in [5.74, 6) is -0.360. The maximum absolute atomic E-state index is 14.6. The average Bonchev–Trinajstić information content (AvgIpc) is 2.55. The zero-order valence-electron chi connectivity index (χ0n) is 13.3. The van der Waals surface area contributed by atoms with Crippen molar-refractivity contribution < 1.29 is 12.8 Å². The van der Waals surface area contributed by atoms with Crippen LogP contribution in [0.4, 0.5) is 16.0 Å². The number of nitrogens with one attached hydrogen (secondary N) is 1. The van der Waals surface area contributed by atoms with E-state index in [0.29, 0.717) is 27.9 Å². The van der Waals surface area contributed by atoms with Crippen molar-refractivity contribution in [1.29, 1.82) is 0 Å². The third kappa shape index (κ3) is 3.92. The van der Waals surface area contributed by atoms with Crippen molar-refractivity contribution in [2.45, 2.75) is 0 Å². The first-order chi connectivity index (χ1) is 11.8. The van der Waals surface area contributed by atoms with Crippen LogP contribution in [0.25, 0.3) is 22.3 Å². The summed E-state index contributed by atoms with van der Waals surface area (Å²) in [6, 6.07) is 11.4. The van der Waals surface area contributed by atoms with Crippen molar-refractivity contribution in [2.75, 3.05) is 16.7 Å². The summed E-state index contributed by atoms with van der Waals surface area (Å²) in [4.78, 5) is 7.71. The molecule has 8 heteroatoms. The van der Waals surface area contributed by atoms with E-state index in [-0.39, 0.29) is 5.95 Å². The SMILES string of the molecule is CS(=O)(=O)Nc1ccccc1-c1ccc(-c2cnc(N)nc2)c(F)c1. The fourth-order valence-electron chi connectivity index (χ4n) is 2.42. The van der Waals surface area contributed by atoms with E-state index in [4.69, 9.17) is 5.73 Å². The van der Waals surface area contributed by atoms with Crippen molar-refractivity contribution >= 4 is 21.7 Å². The minimum atomic E-state index is -3.45. The van der Waals surface area contributed by atoms with Crippen LogP contribution < -0.4 is 10.5 Å². The number of rotatable bonds is 4. The second-order valence-corrected chi connectivity index (χ2v) is 7.19. The van der Waals surface area contributed by atoms with E-state index in [1.807, 2.05) is 0 Å². The molecule has 1 aromatic heterocycles. The Morgan fingerprint density at radius 3 is 2.32 bits per heavy atom. The Bertz CT molecular complexity index is 1020. The number of halogens is 1. The summed E-state index contributed by atoms with van der Waals surface area (Å²) in [7, 11) is -3.45. The Kier molecular flexibility index (Phi) is 4.37. The molecular formula is C17H15FN4O2S. The maximum Gasteiger partial charge on any atom is 0.229 e. The van der Waals surface area contributed by atoms with Gasteiger partial charge < -0.3 is 5.73 Å². The highest BCUT2D eigenvalue weighted by atomic mass is 32.2. The molecule has 3 aromatic rings. The van der Waals surface area contributed by atoms with Crippen molar-refractivity contribution in [3.63, 3.8) is 0 Å². The molecule has 0 unspecified atom stereocenters. The predicted octanol–water partition coefficient (Wildman–Crippen LogP) is 2.90. The molecule has 128 valence electrons. The Labute approximate surface area is 144 Å². The third-order valence-corrected chi connectivity index (χ3v) is 4.08. The number of hydrogen-bond donors (Lipinski definition) is 2. The number of nitrogens with two attached hydrogens (primary N) is 1. The molecule has 0 bridgehead atoms. The zero-order chi connectivity index (χ0) is 18.0. The number of hydrogen-bond acceptors (Lipinski definition) is 5. The third-order valence-electron chi connectivity index (χ3n) is 3.49. The quantitative estimate of drug-likeness (QED) is 0.747. The Hall–Kier alpha value is -3.00. The summed E-state index contributed by atoms with van der Waals surface area (Å²) in [5, 5.41) is 0. The predicted molar refractivity (Wildman–Crippen MR) is 95.7 cm³/mol. The van der Waals surface area contributed by atoms with Crippen LogP contribution in [0.1, 0.15) is 0 Å². The number of aromatic nitrogens is 2. The van der Waals surface area contributed by atoms with Gasteiger partial charge in [0.05, 0.1) is 11.9 Å². The molecule has 0 aliphatic carbocycles. The highest BCUT2D eigenvalue weighted by molar-refractivity contribution is 7.92. The molecule has 6 nitrogen and oxygen atoms in total. The standard InChI is InChI=1S/C17H15FN4O2S/c1-25(23,24)22-16-5-3-2-4-14(16)11-6-7-13(15(18)8-11)12-9-20-17(19)21-10-12/h2-10,22H,1H3,(H2,19,20,21). The van der Waals surface area contributed by atoms with E-state index in [0.717, 1.165) is 6.26 Å². The van der Waals surface area contributed by atoms with E-state index in [1.54, 1.807) is 36.4 Å². The topological polar surface area (TPSA) is 98.0 Å². The first kappa shape index (κ1) is 16.8. The normalized spacial score (nSPS) is 11.3. The van der Waals surface area contributed by atoms with Crippen LogP contribution in [0.3, 0.4) is 0 Å². The van der Waals surface area contributed by atoms with Crippen molar-refractivity contribution in [3.8, 4) is 22.3 Å². The second-order valence-electron chi connectivity index (χ2n) is 5.44. The first-order valence-electron chi connectivity index (χ1n) is 7.28. The van der Waals surface area contributed by atoms with Crippen LogP contribution in [-0.4, -0.2) is 24.6 Å². The lowest BCUT2D eigenvalue weighted by molar-refractivity contribution is 0.607. The van der Waals surface area contributed by atoms with Crippen molar-refractivity contribution in [1.82, 2.24) is 9.97 Å². The van der Waals surface area contributed by atoms with E-state index in [1.165, 1.54) is 18.5 Å². The summed E-state index contributed by atoms with van der Waals surface area (Å²) in [6.07, 6.45) is 3.95. The van der Waals surface area contributed by atoms with Gasteiger partial charge in [-0.05, 0) is 17.7 Å². The fraction of sp³-hybridized carbons (Fsp3) is 0.0588. The molecule has 3 rings (SSSR count). The lowest BCUT2D eigenvalue weighted by atomic mass is 10.00. The van der Waals surface area contributed by atoms with Crippen LogP contribution in [0.5, 0.6) is 0 Å². The van der Waals surface area contributed by atoms with Gasteiger partial charge in [0, 0.05) is 29.1 Å². The largest absolute Gasteiger partial charge is 0.368 e. The van der Waals surface area contributed by atoms with Gasteiger partial charge in [-0.25, -0.2) is 22.8 Å². The van der Waals surface area contributed by atoms with Gasteiger partial charge in [-0.15, -0.1) is 0 Å². The van der Waals surface area contributed by atoms with Crippen LogP contribution in [0.2, 0.25) is 0 Å². The average molecular weight is 358 g/mol. The number of nitrogen functional groups attached to an aromatic ring is 1. The van der Waals surface area contributed by atoms with Gasteiger partial charge in [0.25, 0.3) is 0 Å². The van der Waals surface area contributed by atoms with Gasteiger partial charge >= 0.3 is 0 Å². The van der Waals surface area contributed by atoms with Crippen LogP contribution in [0, 0.1) is 5.82 Å². The molecule has 3 N–H and O–H groups in total. The Balaban J connectivity index is 2.03. The van der Waals surface area contributed by atoms with Gasteiger partial charge in [-0.3, -0.25) is 4.72 Å². The smallest absolute Gasteiger partial charge is 0.229 e. The van der Waals surface area contributed by atoms with Crippen molar-refractivity contribution in [2.24, 2.45) is 0 Å². The maximum atomic E-state index is 14.6. The Morgan fingerprint density at radius 1 is 1.00 bits per heavy atom. The zero-order valence-corrected chi connectivity index (χ0v) is 14.1. The molecule has 0 aliphatic rings. The summed E-state index contributed by atoms with van der Waals surface area (Å²) < 4.78 is 40.0.